The molecule has 0 bridgehead atoms. The zero-order valence-corrected chi connectivity index (χ0v) is 17.3. The molecule has 0 aliphatic rings. The average Bonchev–Trinajstić information content (AvgIpc) is 2.72. The number of carboxylic acids is 1. The van der Waals surface area contributed by atoms with Crippen molar-refractivity contribution in [2.45, 2.75) is 43.9 Å². The highest BCUT2D eigenvalue weighted by Crippen LogP contribution is 2.11. The zero-order valence-electron chi connectivity index (χ0n) is 17.3. The number of nitrogens with one attached hydrogen (secondary N) is 3. The van der Waals surface area contributed by atoms with Crippen molar-refractivity contribution in [3.05, 3.63) is 29.8 Å². The molecule has 1 aromatic carbocycles. The molecule has 0 radical (unpaired) electrons. The van der Waals surface area contributed by atoms with Gasteiger partial charge in [-0.3, -0.25) is 24.0 Å². The molecule has 0 saturated heterocycles. The number of carboxylic acid groups (broad SMARTS) is 1. The highest BCUT2D eigenvalue weighted by molar-refractivity contribution is 5.96. The Labute approximate surface area is 183 Å². The second kappa shape index (κ2) is 12.2. The largest absolute Gasteiger partial charge is 0.508 e. The number of phenolic OH excluding ortho intramolecular Hbond substituents is 1. The first-order valence-corrected chi connectivity index (χ1v) is 9.51. The number of benzene rings is 1. The third kappa shape index (κ3) is 8.57. The lowest BCUT2D eigenvalue weighted by molar-refractivity contribution is -0.142. The van der Waals surface area contributed by atoms with Gasteiger partial charge in [-0.2, -0.15) is 0 Å². The lowest BCUT2D eigenvalue weighted by Crippen LogP contribution is -2.58. The number of phenols is 1. The summed E-state index contributed by atoms with van der Waals surface area (Å²) >= 11 is 0. The van der Waals surface area contributed by atoms with Crippen molar-refractivity contribution >= 4 is 29.6 Å². The van der Waals surface area contributed by atoms with Crippen LogP contribution in [0, 0.1) is 0 Å². The highest BCUT2D eigenvalue weighted by Gasteiger charge is 2.30. The van der Waals surface area contributed by atoms with Crippen molar-refractivity contribution in [3.8, 4) is 5.75 Å². The van der Waals surface area contributed by atoms with Crippen LogP contribution in [0.5, 0.6) is 5.75 Å². The Morgan fingerprint density at radius 1 is 0.938 bits per heavy atom. The van der Waals surface area contributed by atoms with Gasteiger partial charge in [-0.25, -0.2) is 0 Å². The van der Waals surface area contributed by atoms with Gasteiger partial charge in [0.1, 0.15) is 23.9 Å². The second-order valence-corrected chi connectivity index (χ2v) is 7.02. The lowest BCUT2D eigenvalue weighted by Gasteiger charge is -2.23. The predicted octanol–water partition coefficient (Wildman–Crippen LogP) is -3.31. The quantitative estimate of drug-likeness (QED) is 0.158. The van der Waals surface area contributed by atoms with Gasteiger partial charge in [-0.05, 0) is 31.0 Å². The fourth-order valence-corrected chi connectivity index (χ4v) is 2.51. The summed E-state index contributed by atoms with van der Waals surface area (Å²) in [5.74, 6) is -5.03. The maximum absolute atomic E-state index is 12.4. The van der Waals surface area contributed by atoms with Crippen molar-refractivity contribution in [1.82, 2.24) is 16.0 Å². The van der Waals surface area contributed by atoms with Crippen molar-refractivity contribution < 1.29 is 39.3 Å². The number of nitrogens with two attached hydrogens (primary N) is 2. The Balaban J connectivity index is 2.78. The third-order valence-electron chi connectivity index (χ3n) is 4.31. The number of carbonyl (C=O) groups excluding carboxylic acids is 4. The summed E-state index contributed by atoms with van der Waals surface area (Å²) < 4.78 is 0. The predicted molar refractivity (Wildman–Crippen MR) is 110 cm³/mol. The Morgan fingerprint density at radius 3 is 1.97 bits per heavy atom. The molecule has 13 heteroatoms. The number of aliphatic hydroxyl groups is 1. The zero-order chi connectivity index (χ0) is 24.4. The Hall–Kier alpha value is -3.71. The number of rotatable bonds is 12. The molecule has 176 valence electrons. The number of hydrogen-bond donors (Lipinski definition) is 8. The van der Waals surface area contributed by atoms with E-state index in [1.165, 1.54) is 19.1 Å². The standard InChI is InChI=1S/C19H27N5O8/c1-9(19(31)32)22-17(29)13(7-15(21)27)23-18(30)14(8-25)24-16(28)12(20)6-10-2-4-11(26)5-3-10/h2-5,9,12-14,25-26H,6-8,20H2,1H3,(H2,21,27)(H,22,29)(H,23,30)(H,24,28)(H,31,32). The van der Waals surface area contributed by atoms with Gasteiger partial charge in [-0.1, -0.05) is 12.1 Å². The minimum atomic E-state index is -1.53. The monoisotopic (exact) mass is 453 g/mol. The number of primary amides is 1. The molecule has 4 amide bonds. The Kier molecular flexibility index (Phi) is 10.1. The molecule has 0 aliphatic carbocycles. The van der Waals surface area contributed by atoms with Crippen molar-refractivity contribution in [1.29, 1.82) is 0 Å². The molecule has 10 N–H and O–H groups in total. The van der Waals surface area contributed by atoms with Crippen LogP contribution in [0.4, 0.5) is 0 Å². The number of aliphatic carboxylic acids is 1. The molecule has 4 unspecified atom stereocenters. The van der Waals surface area contributed by atoms with Gasteiger partial charge in [0.15, 0.2) is 0 Å². The topological polar surface area (TPSA) is 234 Å². The lowest BCUT2D eigenvalue weighted by atomic mass is 10.1. The number of aliphatic hydroxyl groups excluding tert-OH is 1. The van der Waals surface area contributed by atoms with Gasteiger partial charge in [0.2, 0.25) is 23.6 Å². The summed E-state index contributed by atoms with van der Waals surface area (Å²) in [5, 5.41) is 34.1. The molecule has 0 aliphatic heterocycles. The van der Waals surface area contributed by atoms with E-state index in [4.69, 9.17) is 16.6 Å². The van der Waals surface area contributed by atoms with Crippen LogP contribution in [0.3, 0.4) is 0 Å². The molecule has 0 aromatic heterocycles. The van der Waals surface area contributed by atoms with E-state index in [9.17, 15) is 34.2 Å². The van der Waals surface area contributed by atoms with Crippen molar-refractivity contribution in [2.24, 2.45) is 11.5 Å². The van der Waals surface area contributed by atoms with E-state index >= 15 is 0 Å². The first kappa shape index (κ1) is 26.3. The van der Waals surface area contributed by atoms with E-state index < -0.39 is 66.8 Å². The molecule has 0 saturated carbocycles. The first-order chi connectivity index (χ1) is 14.9. The van der Waals surface area contributed by atoms with E-state index in [0.717, 1.165) is 0 Å². The van der Waals surface area contributed by atoms with Gasteiger partial charge < -0.3 is 42.7 Å². The average molecular weight is 453 g/mol. The Morgan fingerprint density at radius 2 is 1.47 bits per heavy atom. The second-order valence-electron chi connectivity index (χ2n) is 7.02. The summed E-state index contributed by atoms with van der Waals surface area (Å²) in [5.41, 5.74) is 11.5. The fourth-order valence-electron chi connectivity index (χ4n) is 2.51. The normalized spacial score (nSPS) is 14.3. The van der Waals surface area contributed by atoms with E-state index in [-0.39, 0.29) is 12.2 Å². The van der Waals surface area contributed by atoms with Crippen LogP contribution in [-0.4, -0.2) is 75.7 Å². The third-order valence-corrected chi connectivity index (χ3v) is 4.31. The number of carbonyl (C=O) groups is 5. The first-order valence-electron chi connectivity index (χ1n) is 9.51. The van der Waals surface area contributed by atoms with Crippen molar-refractivity contribution in [3.63, 3.8) is 0 Å². The summed E-state index contributed by atoms with van der Waals surface area (Å²) in [6.45, 7) is 0.329. The molecule has 0 heterocycles. The maximum Gasteiger partial charge on any atom is 0.325 e. The van der Waals surface area contributed by atoms with Crippen LogP contribution in [0.2, 0.25) is 0 Å². The maximum atomic E-state index is 12.4. The molecule has 13 nitrogen and oxygen atoms in total. The van der Waals surface area contributed by atoms with Crippen LogP contribution in [-0.2, 0) is 30.4 Å². The summed E-state index contributed by atoms with van der Waals surface area (Å²) in [6.07, 6.45) is -0.567. The molecule has 1 aromatic rings. The van der Waals surface area contributed by atoms with Crippen LogP contribution in [0.1, 0.15) is 18.9 Å². The molecule has 0 spiro atoms. The molecule has 1 rings (SSSR count). The molecular weight excluding hydrogens is 426 g/mol. The van der Waals surface area contributed by atoms with Crippen LogP contribution >= 0.6 is 0 Å². The van der Waals surface area contributed by atoms with Gasteiger partial charge in [0, 0.05) is 0 Å². The smallest absolute Gasteiger partial charge is 0.325 e. The molecule has 4 atom stereocenters. The van der Waals surface area contributed by atoms with E-state index in [1.807, 2.05) is 0 Å². The summed E-state index contributed by atoms with van der Waals surface area (Å²) in [4.78, 5) is 59.1. The Bertz CT molecular complexity index is 845. The SMILES string of the molecule is CC(NC(=O)C(CC(N)=O)NC(=O)C(CO)NC(=O)C(N)Cc1ccc(O)cc1)C(=O)O. The minimum Gasteiger partial charge on any atom is -0.508 e. The minimum absolute atomic E-state index is 0.0380. The van der Waals surface area contributed by atoms with Gasteiger partial charge in [0.25, 0.3) is 0 Å². The number of hydrogen-bond acceptors (Lipinski definition) is 8. The number of amides is 4. The van der Waals surface area contributed by atoms with Crippen LogP contribution in [0.25, 0.3) is 0 Å². The molecule has 32 heavy (non-hydrogen) atoms. The van der Waals surface area contributed by atoms with E-state index in [1.54, 1.807) is 12.1 Å². The number of aromatic hydroxyl groups is 1. The van der Waals surface area contributed by atoms with Gasteiger partial charge in [-0.15, -0.1) is 0 Å². The van der Waals surface area contributed by atoms with E-state index in [0.29, 0.717) is 5.56 Å². The molecular formula is C19H27N5O8. The van der Waals surface area contributed by atoms with E-state index in [2.05, 4.69) is 16.0 Å². The van der Waals surface area contributed by atoms with Gasteiger partial charge in [0.05, 0.1) is 19.1 Å². The summed E-state index contributed by atoms with van der Waals surface area (Å²) in [7, 11) is 0. The van der Waals surface area contributed by atoms with Crippen molar-refractivity contribution in [2.75, 3.05) is 6.61 Å². The molecule has 0 fully saturated rings. The van der Waals surface area contributed by atoms with Crippen LogP contribution < -0.4 is 27.4 Å². The van der Waals surface area contributed by atoms with Gasteiger partial charge >= 0.3 is 5.97 Å². The highest BCUT2D eigenvalue weighted by atomic mass is 16.4. The fraction of sp³-hybridized carbons (Fsp3) is 0.421. The van der Waals surface area contributed by atoms with Crippen LogP contribution in [0.15, 0.2) is 24.3 Å². The summed E-state index contributed by atoms with van der Waals surface area (Å²) in [6, 6.07) is 0.515.